The first-order valence-corrected chi connectivity index (χ1v) is 7.66. The molecule has 0 atom stereocenters. The van der Waals surface area contributed by atoms with Gasteiger partial charge in [0.15, 0.2) is 5.75 Å². The van der Waals surface area contributed by atoms with Crippen molar-refractivity contribution in [3.05, 3.63) is 12.4 Å². The van der Waals surface area contributed by atoms with Crippen LogP contribution in [0.15, 0.2) is 12.4 Å². The Kier molecular flexibility index (Phi) is 5.70. The summed E-state index contributed by atoms with van der Waals surface area (Å²) in [6, 6.07) is 1.09. The molecule has 0 aromatic carbocycles. The molecule has 1 fully saturated rings. The summed E-state index contributed by atoms with van der Waals surface area (Å²) < 4.78 is 7.64. The van der Waals surface area contributed by atoms with Gasteiger partial charge in [-0.2, -0.15) is 5.10 Å². The lowest BCUT2D eigenvalue weighted by atomic mass is 10.1. The third-order valence-electron chi connectivity index (χ3n) is 3.77. The largest absolute Gasteiger partial charge is 0.489 e. The molecule has 1 saturated carbocycles. The fourth-order valence-corrected chi connectivity index (χ4v) is 2.59. The first-order valence-electron chi connectivity index (χ1n) is 7.66. The van der Waals surface area contributed by atoms with Gasteiger partial charge in [0.1, 0.15) is 6.61 Å². The van der Waals surface area contributed by atoms with Gasteiger partial charge in [0.25, 0.3) is 0 Å². The van der Waals surface area contributed by atoms with Crippen LogP contribution in [0, 0.1) is 0 Å². The second kappa shape index (κ2) is 7.53. The first kappa shape index (κ1) is 14.4. The first-order chi connectivity index (χ1) is 9.25. The van der Waals surface area contributed by atoms with Gasteiger partial charge in [-0.05, 0) is 26.7 Å². The molecule has 1 aliphatic carbocycles. The third kappa shape index (κ3) is 4.86. The quantitative estimate of drug-likeness (QED) is 0.634. The van der Waals surface area contributed by atoms with Crippen molar-refractivity contribution in [3.8, 4) is 5.75 Å². The van der Waals surface area contributed by atoms with E-state index < -0.39 is 0 Å². The molecule has 4 heteroatoms. The van der Waals surface area contributed by atoms with E-state index in [-0.39, 0.29) is 0 Å². The van der Waals surface area contributed by atoms with Crippen molar-refractivity contribution < 1.29 is 4.74 Å². The van der Waals surface area contributed by atoms with Crippen LogP contribution in [0.3, 0.4) is 0 Å². The van der Waals surface area contributed by atoms with E-state index >= 15 is 0 Å². The van der Waals surface area contributed by atoms with E-state index in [2.05, 4.69) is 24.3 Å². The van der Waals surface area contributed by atoms with Crippen molar-refractivity contribution in [2.45, 2.75) is 64.5 Å². The van der Waals surface area contributed by atoms with E-state index in [1.165, 1.54) is 38.5 Å². The topological polar surface area (TPSA) is 39.1 Å². The van der Waals surface area contributed by atoms with Gasteiger partial charge < -0.3 is 10.1 Å². The van der Waals surface area contributed by atoms with E-state index in [0.717, 1.165) is 18.9 Å². The van der Waals surface area contributed by atoms with Crippen molar-refractivity contribution in [1.29, 1.82) is 0 Å². The zero-order chi connectivity index (χ0) is 13.5. The maximum atomic E-state index is 5.71. The SMILES string of the molecule is CC(C)n1cc(OCCNC2CCCCCC2)cn1. The summed E-state index contributed by atoms with van der Waals surface area (Å²) in [6.45, 7) is 5.88. The minimum atomic E-state index is 0.390. The van der Waals surface area contributed by atoms with E-state index in [1.54, 1.807) is 6.20 Å². The Morgan fingerprint density at radius 1 is 1.32 bits per heavy atom. The van der Waals surface area contributed by atoms with Crippen LogP contribution in [0.1, 0.15) is 58.4 Å². The summed E-state index contributed by atoms with van der Waals surface area (Å²) in [4.78, 5) is 0. The normalized spacial score (nSPS) is 17.6. The van der Waals surface area contributed by atoms with E-state index in [4.69, 9.17) is 4.74 Å². The number of ether oxygens (including phenoxy) is 1. The molecule has 0 saturated heterocycles. The molecule has 1 N–H and O–H groups in total. The molecule has 0 spiro atoms. The Morgan fingerprint density at radius 2 is 2.05 bits per heavy atom. The number of nitrogens with zero attached hydrogens (tertiary/aromatic N) is 2. The summed E-state index contributed by atoms with van der Waals surface area (Å²) >= 11 is 0. The molecule has 1 heterocycles. The highest BCUT2D eigenvalue weighted by Gasteiger charge is 2.11. The lowest BCUT2D eigenvalue weighted by molar-refractivity contribution is 0.299. The van der Waals surface area contributed by atoms with Gasteiger partial charge in [0, 0.05) is 18.6 Å². The summed E-state index contributed by atoms with van der Waals surface area (Å²) in [5.74, 6) is 0.872. The fourth-order valence-electron chi connectivity index (χ4n) is 2.59. The van der Waals surface area contributed by atoms with Crippen LogP contribution in [0.4, 0.5) is 0 Å². The van der Waals surface area contributed by atoms with Crippen molar-refractivity contribution >= 4 is 0 Å². The molecule has 1 aliphatic rings. The van der Waals surface area contributed by atoms with Crippen molar-refractivity contribution in [3.63, 3.8) is 0 Å². The molecule has 1 aromatic heterocycles. The number of aromatic nitrogens is 2. The zero-order valence-electron chi connectivity index (χ0n) is 12.3. The Balaban J connectivity index is 1.62. The zero-order valence-corrected chi connectivity index (χ0v) is 12.3. The highest BCUT2D eigenvalue weighted by molar-refractivity contribution is 5.11. The summed E-state index contributed by atoms with van der Waals surface area (Å²) in [5, 5.41) is 7.88. The average Bonchev–Trinajstić information content (AvgIpc) is 2.72. The number of hydrogen-bond donors (Lipinski definition) is 1. The van der Waals surface area contributed by atoms with Crippen LogP contribution in [-0.2, 0) is 0 Å². The van der Waals surface area contributed by atoms with Crippen molar-refractivity contribution in [2.75, 3.05) is 13.2 Å². The fraction of sp³-hybridized carbons (Fsp3) is 0.800. The maximum absolute atomic E-state index is 5.71. The third-order valence-corrected chi connectivity index (χ3v) is 3.77. The standard InChI is InChI=1S/C15H27N3O/c1-13(2)18-12-15(11-17-18)19-10-9-16-14-7-5-3-4-6-8-14/h11-14,16H,3-10H2,1-2H3. The van der Waals surface area contributed by atoms with Gasteiger partial charge in [0.05, 0.1) is 12.4 Å². The highest BCUT2D eigenvalue weighted by atomic mass is 16.5. The van der Waals surface area contributed by atoms with Gasteiger partial charge in [-0.15, -0.1) is 0 Å². The Bertz CT molecular complexity index is 354. The van der Waals surface area contributed by atoms with Crippen molar-refractivity contribution in [2.24, 2.45) is 0 Å². The number of rotatable bonds is 6. The molecule has 4 nitrogen and oxygen atoms in total. The van der Waals surface area contributed by atoms with Gasteiger partial charge in [-0.25, -0.2) is 0 Å². The Morgan fingerprint density at radius 3 is 2.68 bits per heavy atom. The van der Waals surface area contributed by atoms with Crippen LogP contribution in [0.2, 0.25) is 0 Å². The minimum Gasteiger partial charge on any atom is -0.489 e. The summed E-state index contributed by atoms with van der Waals surface area (Å²) in [7, 11) is 0. The van der Waals surface area contributed by atoms with Gasteiger partial charge in [-0.3, -0.25) is 4.68 Å². The van der Waals surface area contributed by atoms with Crippen molar-refractivity contribution in [1.82, 2.24) is 15.1 Å². The van der Waals surface area contributed by atoms with Crippen LogP contribution in [0.25, 0.3) is 0 Å². The van der Waals surface area contributed by atoms with Crippen LogP contribution < -0.4 is 10.1 Å². The highest BCUT2D eigenvalue weighted by Crippen LogP contribution is 2.17. The van der Waals surface area contributed by atoms with Crippen LogP contribution >= 0.6 is 0 Å². The second-order valence-electron chi connectivity index (χ2n) is 5.74. The molecule has 0 amide bonds. The number of hydrogen-bond acceptors (Lipinski definition) is 3. The molecule has 0 radical (unpaired) electrons. The van der Waals surface area contributed by atoms with E-state index in [9.17, 15) is 0 Å². The second-order valence-corrected chi connectivity index (χ2v) is 5.74. The number of nitrogens with one attached hydrogen (secondary N) is 1. The van der Waals surface area contributed by atoms with E-state index in [0.29, 0.717) is 12.1 Å². The van der Waals surface area contributed by atoms with Crippen LogP contribution in [-0.4, -0.2) is 29.0 Å². The van der Waals surface area contributed by atoms with E-state index in [1.807, 2.05) is 10.9 Å². The summed E-state index contributed by atoms with van der Waals surface area (Å²) in [6.07, 6.45) is 12.0. The molecule has 108 valence electrons. The van der Waals surface area contributed by atoms with Gasteiger partial charge >= 0.3 is 0 Å². The minimum absolute atomic E-state index is 0.390. The molecule has 0 unspecified atom stereocenters. The monoisotopic (exact) mass is 265 g/mol. The lowest BCUT2D eigenvalue weighted by Gasteiger charge is -2.15. The maximum Gasteiger partial charge on any atom is 0.157 e. The summed E-state index contributed by atoms with van der Waals surface area (Å²) in [5.41, 5.74) is 0. The lowest BCUT2D eigenvalue weighted by Crippen LogP contribution is -2.32. The molecular formula is C15H27N3O. The van der Waals surface area contributed by atoms with Gasteiger partial charge in [-0.1, -0.05) is 25.7 Å². The molecule has 0 aliphatic heterocycles. The smallest absolute Gasteiger partial charge is 0.157 e. The predicted molar refractivity (Wildman–Crippen MR) is 77.6 cm³/mol. The predicted octanol–water partition coefficient (Wildman–Crippen LogP) is 3.16. The molecule has 1 aromatic rings. The average molecular weight is 265 g/mol. The molecular weight excluding hydrogens is 238 g/mol. The van der Waals surface area contributed by atoms with Crippen LogP contribution in [0.5, 0.6) is 5.75 Å². The molecule has 2 rings (SSSR count). The molecule has 0 bridgehead atoms. The van der Waals surface area contributed by atoms with Gasteiger partial charge in [0.2, 0.25) is 0 Å². The Hall–Kier alpha value is -1.03. The Labute approximate surface area is 116 Å². The molecule has 19 heavy (non-hydrogen) atoms.